The maximum Gasteiger partial charge on any atom is 0.303 e. The van der Waals surface area contributed by atoms with Gasteiger partial charge in [-0.25, -0.2) is 0 Å². The fraction of sp³-hybridized carbons (Fsp3) is 0.773. The molecule has 3 rings (SSSR count). The summed E-state index contributed by atoms with van der Waals surface area (Å²) in [5.41, 5.74) is -0.597. The fourth-order valence-corrected chi connectivity index (χ4v) is 6.27. The number of fused-ring (bicyclic) bond motifs is 1. The molecule has 0 amide bonds. The Morgan fingerprint density at radius 2 is 2.04 bits per heavy atom. The normalized spacial score (nSPS) is 41.0. The summed E-state index contributed by atoms with van der Waals surface area (Å²) in [5, 5.41) is 23.1. The van der Waals surface area contributed by atoms with E-state index in [9.17, 15) is 15.0 Å². The van der Waals surface area contributed by atoms with Gasteiger partial charge in [0.15, 0.2) is 0 Å². The van der Waals surface area contributed by atoms with Crippen molar-refractivity contribution in [3.63, 3.8) is 0 Å². The van der Waals surface area contributed by atoms with Crippen molar-refractivity contribution in [2.24, 2.45) is 22.7 Å². The van der Waals surface area contributed by atoms with Gasteiger partial charge in [0, 0.05) is 24.2 Å². The van der Waals surface area contributed by atoms with Crippen LogP contribution in [0.15, 0.2) is 23.0 Å². The van der Waals surface area contributed by atoms with Gasteiger partial charge >= 0.3 is 5.97 Å². The van der Waals surface area contributed by atoms with Gasteiger partial charge in [0.05, 0.1) is 24.2 Å². The molecule has 1 aromatic rings. The van der Waals surface area contributed by atoms with Crippen LogP contribution in [0.3, 0.4) is 0 Å². The van der Waals surface area contributed by atoms with Crippen molar-refractivity contribution in [2.45, 2.75) is 84.5 Å². The molecule has 2 aliphatic carbocycles. The van der Waals surface area contributed by atoms with Crippen LogP contribution in [0.5, 0.6) is 0 Å². The van der Waals surface area contributed by atoms with E-state index in [0.29, 0.717) is 12.8 Å². The molecule has 2 saturated carbocycles. The molecule has 1 heterocycles. The van der Waals surface area contributed by atoms with Gasteiger partial charge in [0.1, 0.15) is 6.10 Å². The lowest BCUT2D eigenvalue weighted by molar-refractivity contribution is -0.281. The molecule has 0 unspecified atom stereocenters. The molecular formula is C22H34O5. The average Bonchev–Trinajstić information content (AvgIpc) is 3.08. The maximum atomic E-state index is 12.0. The van der Waals surface area contributed by atoms with Crippen LogP contribution in [0.4, 0.5) is 0 Å². The van der Waals surface area contributed by atoms with Crippen molar-refractivity contribution in [3.05, 3.63) is 24.2 Å². The van der Waals surface area contributed by atoms with Crippen LogP contribution in [0.25, 0.3) is 0 Å². The molecule has 27 heavy (non-hydrogen) atoms. The highest BCUT2D eigenvalue weighted by atomic mass is 16.6. The van der Waals surface area contributed by atoms with Gasteiger partial charge in [-0.2, -0.15) is 0 Å². The minimum absolute atomic E-state index is 0.108. The van der Waals surface area contributed by atoms with E-state index in [2.05, 4.69) is 20.8 Å². The van der Waals surface area contributed by atoms with E-state index in [1.165, 1.54) is 6.92 Å². The van der Waals surface area contributed by atoms with E-state index < -0.39 is 29.1 Å². The van der Waals surface area contributed by atoms with Gasteiger partial charge in [-0.3, -0.25) is 4.79 Å². The smallest absolute Gasteiger partial charge is 0.303 e. The molecule has 2 aliphatic rings. The zero-order valence-corrected chi connectivity index (χ0v) is 17.2. The zero-order valence-electron chi connectivity index (χ0n) is 17.2. The molecule has 2 N–H and O–H groups in total. The standard InChI is InChI=1S/C22H34O5/c1-14-17(24)18(27-15(2)23)19-20(3,4)9-6-10-21(19,5)22(14,25)11-7-16-8-12-26-13-16/h8,12-14,17-19,24-25H,6-7,9-11H2,1-5H3/t14-,17-,18-,19+,21+,22-/m1/s1. The largest absolute Gasteiger partial charge is 0.472 e. The third-order valence-electron chi connectivity index (χ3n) is 7.64. The summed E-state index contributed by atoms with van der Waals surface area (Å²) >= 11 is 0. The Balaban J connectivity index is 2.02. The molecule has 0 saturated heterocycles. The van der Waals surface area contributed by atoms with Crippen LogP contribution in [-0.4, -0.2) is 34.0 Å². The summed E-state index contributed by atoms with van der Waals surface area (Å²) in [6.45, 7) is 9.76. The SMILES string of the molecule is CC(=O)O[C@@H]1[C@H](O)[C@@H](C)[C@](O)(CCc2ccoc2)[C@@]2(C)CCCC(C)(C)[C@H]12. The highest BCUT2D eigenvalue weighted by molar-refractivity contribution is 5.66. The highest BCUT2D eigenvalue weighted by Gasteiger charge is 2.67. The molecule has 0 radical (unpaired) electrons. The number of hydrogen-bond acceptors (Lipinski definition) is 5. The maximum absolute atomic E-state index is 12.0. The van der Waals surface area contributed by atoms with E-state index in [1.807, 2.05) is 13.0 Å². The molecule has 5 nitrogen and oxygen atoms in total. The summed E-state index contributed by atoms with van der Waals surface area (Å²) in [6, 6.07) is 1.92. The number of aryl methyl sites for hydroxylation is 1. The lowest BCUT2D eigenvalue weighted by atomic mass is 9.42. The quantitative estimate of drug-likeness (QED) is 0.781. The second-order valence-corrected chi connectivity index (χ2v) is 9.65. The van der Waals surface area contributed by atoms with Crippen LogP contribution in [0, 0.1) is 22.7 Å². The molecule has 1 aromatic heterocycles. The van der Waals surface area contributed by atoms with Crippen LogP contribution in [0.1, 0.15) is 65.9 Å². The van der Waals surface area contributed by atoms with Crippen molar-refractivity contribution in [3.8, 4) is 0 Å². The monoisotopic (exact) mass is 378 g/mol. The number of esters is 1. The lowest BCUT2D eigenvalue weighted by Gasteiger charge is -2.65. The van der Waals surface area contributed by atoms with E-state index in [1.54, 1.807) is 12.5 Å². The molecule has 0 spiro atoms. The van der Waals surface area contributed by atoms with Crippen LogP contribution >= 0.6 is 0 Å². The molecule has 0 bridgehead atoms. The van der Waals surface area contributed by atoms with Gasteiger partial charge in [0.2, 0.25) is 0 Å². The van der Waals surface area contributed by atoms with Crippen LogP contribution in [0.2, 0.25) is 0 Å². The van der Waals surface area contributed by atoms with Gasteiger partial charge < -0.3 is 19.4 Å². The zero-order chi connectivity index (χ0) is 20.0. The Bertz CT molecular complexity index is 666. The minimum atomic E-state index is -1.05. The number of rotatable bonds is 4. The summed E-state index contributed by atoms with van der Waals surface area (Å²) in [4.78, 5) is 11.8. The van der Waals surface area contributed by atoms with Gasteiger partial charge in [-0.1, -0.05) is 34.1 Å². The Hall–Kier alpha value is -1.33. The van der Waals surface area contributed by atoms with E-state index in [-0.39, 0.29) is 17.3 Å². The van der Waals surface area contributed by atoms with E-state index in [0.717, 1.165) is 24.8 Å². The summed E-state index contributed by atoms with van der Waals surface area (Å²) in [5.74, 6) is -0.883. The first-order valence-electron chi connectivity index (χ1n) is 10.1. The Kier molecular flexibility index (Phi) is 5.23. The van der Waals surface area contributed by atoms with Crippen LogP contribution < -0.4 is 0 Å². The van der Waals surface area contributed by atoms with Crippen molar-refractivity contribution in [1.29, 1.82) is 0 Å². The Labute approximate surface area is 162 Å². The molecule has 152 valence electrons. The number of aliphatic hydroxyl groups excluding tert-OH is 1. The molecule has 2 fully saturated rings. The number of hydrogen-bond donors (Lipinski definition) is 2. The van der Waals surface area contributed by atoms with Crippen molar-refractivity contribution >= 4 is 5.97 Å². The van der Waals surface area contributed by atoms with E-state index in [4.69, 9.17) is 9.15 Å². The number of carbonyl (C=O) groups is 1. The number of carbonyl (C=O) groups excluding carboxylic acids is 1. The number of aliphatic hydroxyl groups is 2. The Morgan fingerprint density at radius 3 is 2.63 bits per heavy atom. The summed E-state index contributed by atoms with van der Waals surface area (Å²) < 4.78 is 10.8. The first-order chi connectivity index (χ1) is 12.5. The average molecular weight is 379 g/mol. The molecule has 5 heteroatoms. The van der Waals surface area contributed by atoms with Gasteiger partial charge in [-0.15, -0.1) is 0 Å². The van der Waals surface area contributed by atoms with E-state index >= 15 is 0 Å². The Morgan fingerprint density at radius 1 is 1.33 bits per heavy atom. The molecular weight excluding hydrogens is 344 g/mol. The third kappa shape index (κ3) is 3.23. The van der Waals surface area contributed by atoms with Crippen LogP contribution in [-0.2, 0) is 16.0 Å². The third-order valence-corrected chi connectivity index (χ3v) is 7.64. The van der Waals surface area contributed by atoms with Crippen molar-refractivity contribution < 1.29 is 24.2 Å². The van der Waals surface area contributed by atoms with Crippen molar-refractivity contribution in [2.75, 3.05) is 0 Å². The van der Waals surface area contributed by atoms with Gasteiger partial charge in [0.25, 0.3) is 0 Å². The topological polar surface area (TPSA) is 79.9 Å². The number of ether oxygens (including phenoxy) is 1. The first kappa shape index (κ1) is 20.4. The second kappa shape index (κ2) is 6.93. The lowest BCUT2D eigenvalue weighted by Crippen LogP contribution is -2.71. The fourth-order valence-electron chi connectivity index (χ4n) is 6.27. The second-order valence-electron chi connectivity index (χ2n) is 9.65. The summed E-state index contributed by atoms with van der Waals surface area (Å²) in [6.07, 6.45) is 5.96. The number of furan rings is 1. The summed E-state index contributed by atoms with van der Waals surface area (Å²) in [7, 11) is 0. The molecule has 6 atom stereocenters. The minimum Gasteiger partial charge on any atom is -0.472 e. The highest BCUT2D eigenvalue weighted by Crippen LogP contribution is 2.64. The predicted octanol–water partition coefficient (Wildman–Crippen LogP) is 3.72. The molecule has 0 aliphatic heterocycles. The van der Waals surface area contributed by atoms with Gasteiger partial charge in [-0.05, 0) is 42.7 Å². The predicted molar refractivity (Wildman–Crippen MR) is 102 cm³/mol. The first-order valence-corrected chi connectivity index (χ1v) is 10.1. The van der Waals surface area contributed by atoms with Crippen molar-refractivity contribution in [1.82, 2.24) is 0 Å². The molecule has 0 aromatic carbocycles.